The molecule has 0 unspecified atom stereocenters. The number of nitrogens with zero attached hydrogens (tertiary/aromatic N) is 1. The number of carbonyl (C=O) groups is 2. The van der Waals surface area contributed by atoms with Crippen LogP contribution in [0.3, 0.4) is 0 Å². The Labute approximate surface area is 149 Å². The summed E-state index contributed by atoms with van der Waals surface area (Å²) in [6, 6.07) is 16.4. The van der Waals surface area contributed by atoms with E-state index < -0.39 is 0 Å². The third-order valence-corrected chi connectivity index (χ3v) is 4.21. The molecule has 0 aliphatic carbocycles. The second kappa shape index (κ2) is 7.72. The van der Waals surface area contributed by atoms with E-state index in [0.29, 0.717) is 16.4 Å². The van der Waals surface area contributed by atoms with Crippen molar-refractivity contribution in [3.05, 3.63) is 65.5 Å². The van der Waals surface area contributed by atoms with Gasteiger partial charge in [0.25, 0.3) is 5.91 Å². The summed E-state index contributed by atoms with van der Waals surface area (Å²) < 4.78 is 5.42. The smallest absolute Gasteiger partial charge is 0.264 e. The Morgan fingerprint density at radius 3 is 2.48 bits per heavy atom. The van der Waals surface area contributed by atoms with Crippen LogP contribution in [-0.2, 0) is 4.79 Å². The number of thiazole rings is 1. The summed E-state index contributed by atoms with van der Waals surface area (Å²) in [4.78, 5) is 27.6. The number of anilines is 1. The molecule has 2 aromatic carbocycles. The van der Waals surface area contributed by atoms with E-state index in [2.05, 4.69) is 10.3 Å². The first-order valence-corrected chi connectivity index (χ1v) is 8.54. The van der Waals surface area contributed by atoms with Gasteiger partial charge in [-0.3, -0.25) is 14.9 Å². The number of aromatic nitrogens is 1. The summed E-state index contributed by atoms with van der Waals surface area (Å²) in [5.41, 5.74) is 2.43. The molecular weight excluding hydrogens is 336 g/mol. The van der Waals surface area contributed by atoms with Gasteiger partial charge in [0.1, 0.15) is 5.75 Å². The molecule has 0 fully saturated rings. The van der Waals surface area contributed by atoms with Gasteiger partial charge < -0.3 is 4.74 Å². The van der Waals surface area contributed by atoms with Gasteiger partial charge >= 0.3 is 0 Å². The molecule has 0 saturated carbocycles. The third kappa shape index (κ3) is 4.51. The SMILES string of the molecule is CC(=O)c1ccc(OCC(=O)Nc2nc(-c3ccccc3)cs2)cc1. The molecule has 5 nitrogen and oxygen atoms in total. The van der Waals surface area contributed by atoms with Crippen molar-refractivity contribution in [1.82, 2.24) is 4.98 Å². The van der Waals surface area contributed by atoms with Gasteiger partial charge in [-0.25, -0.2) is 4.98 Å². The minimum atomic E-state index is -0.287. The highest BCUT2D eigenvalue weighted by Crippen LogP contribution is 2.24. The fourth-order valence-corrected chi connectivity index (χ4v) is 2.90. The molecule has 0 atom stereocenters. The minimum absolute atomic E-state index is 0.0118. The van der Waals surface area contributed by atoms with Crippen molar-refractivity contribution < 1.29 is 14.3 Å². The molecule has 1 amide bonds. The van der Waals surface area contributed by atoms with Crippen LogP contribution in [0.5, 0.6) is 5.75 Å². The van der Waals surface area contributed by atoms with Crippen molar-refractivity contribution in [2.24, 2.45) is 0 Å². The molecule has 1 aromatic heterocycles. The van der Waals surface area contributed by atoms with Crippen LogP contribution in [0.25, 0.3) is 11.3 Å². The quantitative estimate of drug-likeness (QED) is 0.680. The molecule has 1 heterocycles. The number of benzene rings is 2. The fourth-order valence-electron chi connectivity index (χ4n) is 2.16. The number of ether oxygens (including phenoxy) is 1. The molecule has 0 bridgehead atoms. The molecule has 0 saturated heterocycles. The lowest BCUT2D eigenvalue weighted by atomic mass is 10.1. The predicted molar refractivity (Wildman–Crippen MR) is 98.1 cm³/mol. The molecule has 0 spiro atoms. The maximum Gasteiger partial charge on any atom is 0.264 e. The lowest BCUT2D eigenvalue weighted by Crippen LogP contribution is -2.20. The van der Waals surface area contributed by atoms with Crippen molar-refractivity contribution in [3.8, 4) is 17.0 Å². The van der Waals surface area contributed by atoms with Crippen molar-refractivity contribution in [1.29, 1.82) is 0 Å². The van der Waals surface area contributed by atoms with E-state index in [9.17, 15) is 9.59 Å². The highest BCUT2D eigenvalue weighted by molar-refractivity contribution is 7.14. The molecule has 6 heteroatoms. The van der Waals surface area contributed by atoms with Gasteiger partial charge in [-0.05, 0) is 31.2 Å². The van der Waals surface area contributed by atoms with Crippen LogP contribution < -0.4 is 10.1 Å². The number of hydrogen-bond donors (Lipinski definition) is 1. The van der Waals surface area contributed by atoms with Gasteiger partial charge in [0.05, 0.1) is 5.69 Å². The van der Waals surface area contributed by atoms with E-state index >= 15 is 0 Å². The second-order valence-electron chi connectivity index (χ2n) is 5.32. The first kappa shape index (κ1) is 16.9. The van der Waals surface area contributed by atoms with Crippen LogP contribution in [0, 0.1) is 0 Å². The van der Waals surface area contributed by atoms with Gasteiger partial charge in [0.15, 0.2) is 17.5 Å². The lowest BCUT2D eigenvalue weighted by Gasteiger charge is -2.06. The normalized spacial score (nSPS) is 10.3. The monoisotopic (exact) mass is 352 g/mol. The van der Waals surface area contributed by atoms with E-state index in [-0.39, 0.29) is 18.3 Å². The highest BCUT2D eigenvalue weighted by Gasteiger charge is 2.09. The number of Topliss-reactive ketones (excluding diaryl/α,β-unsaturated/α-hetero) is 1. The Morgan fingerprint density at radius 2 is 1.80 bits per heavy atom. The van der Waals surface area contributed by atoms with E-state index in [1.807, 2.05) is 35.7 Å². The Bertz CT molecular complexity index is 873. The van der Waals surface area contributed by atoms with Gasteiger partial charge in [0.2, 0.25) is 0 Å². The van der Waals surface area contributed by atoms with Gasteiger partial charge in [-0.15, -0.1) is 11.3 Å². The standard InChI is InChI=1S/C19H16N2O3S/c1-13(22)14-7-9-16(10-8-14)24-11-18(23)21-19-20-17(12-25-19)15-5-3-2-4-6-15/h2-10,12H,11H2,1H3,(H,20,21,23). The summed E-state index contributed by atoms with van der Waals surface area (Å²) >= 11 is 1.36. The predicted octanol–water partition coefficient (Wildman–Crippen LogP) is 4.03. The van der Waals surface area contributed by atoms with E-state index in [1.165, 1.54) is 18.3 Å². The molecule has 3 rings (SSSR count). The second-order valence-corrected chi connectivity index (χ2v) is 6.18. The van der Waals surface area contributed by atoms with Crippen LogP contribution in [0.4, 0.5) is 5.13 Å². The maximum absolute atomic E-state index is 12.0. The Morgan fingerprint density at radius 1 is 1.08 bits per heavy atom. The summed E-state index contributed by atoms with van der Waals surface area (Å²) in [7, 11) is 0. The van der Waals surface area contributed by atoms with Crippen LogP contribution in [0.15, 0.2) is 60.0 Å². The van der Waals surface area contributed by atoms with Crippen molar-refractivity contribution >= 4 is 28.2 Å². The summed E-state index contributed by atoms with van der Waals surface area (Å²) in [6.45, 7) is 1.38. The number of hydrogen-bond acceptors (Lipinski definition) is 5. The largest absolute Gasteiger partial charge is 0.484 e. The summed E-state index contributed by atoms with van der Waals surface area (Å²) in [5, 5.41) is 5.14. The summed E-state index contributed by atoms with van der Waals surface area (Å²) in [6.07, 6.45) is 0. The average Bonchev–Trinajstić information content (AvgIpc) is 3.09. The Balaban J connectivity index is 1.54. The Hall–Kier alpha value is -2.99. The van der Waals surface area contributed by atoms with Crippen LogP contribution >= 0.6 is 11.3 Å². The van der Waals surface area contributed by atoms with Crippen molar-refractivity contribution in [3.63, 3.8) is 0 Å². The van der Waals surface area contributed by atoms with Gasteiger partial charge in [0, 0.05) is 16.5 Å². The van der Waals surface area contributed by atoms with Crippen LogP contribution in [0.2, 0.25) is 0 Å². The van der Waals surface area contributed by atoms with Crippen LogP contribution in [-0.4, -0.2) is 23.3 Å². The number of amides is 1. The number of carbonyl (C=O) groups excluding carboxylic acids is 2. The topological polar surface area (TPSA) is 68.3 Å². The summed E-state index contributed by atoms with van der Waals surface area (Å²) in [5.74, 6) is 0.233. The first-order chi connectivity index (χ1) is 12.1. The zero-order chi connectivity index (χ0) is 17.6. The molecule has 126 valence electrons. The maximum atomic E-state index is 12.0. The number of nitrogens with one attached hydrogen (secondary N) is 1. The number of ketones is 1. The van der Waals surface area contributed by atoms with Gasteiger partial charge in [-0.2, -0.15) is 0 Å². The molecule has 0 radical (unpaired) electrons. The molecular formula is C19H16N2O3S. The Kier molecular flexibility index (Phi) is 5.20. The average molecular weight is 352 g/mol. The zero-order valence-electron chi connectivity index (χ0n) is 13.6. The van der Waals surface area contributed by atoms with E-state index in [0.717, 1.165) is 11.3 Å². The van der Waals surface area contributed by atoms with E-state index in [4.69, 9.17) is 4.74 Å². The van der Waals surface area contributed by atoms with Crippen molar-refractivity contribution in [2.45, 2.75) is 6.92 Å². The lowest BCUT2D eigenvalue weighted by molar-refractivity contribution is -0.118. The molecule has 0 aliphatic rings. The highest BCUT2D eigenvalue weighted by atomic mass is 32.1. The minimum Gasteiger partial charge on any atom is -0.484 e. The van der Waals surface area contributed by atoms with E-state index in [1.54, 1.807) is 24.3 Å². The molecule has 25 heavy (non-hydrogen) atoms. The first-order valence-electron chi connectivity index (χ1n) is 7.66. The fraction of sp³-hybridized carbons (Fsp3) is 0.105. The van der Waals surface area contributed by atoms with Gasteiger partial charge in [-0.1, -0.05) is 30.3 Å². The molecule has 3 aromatic rings. The molecule has 0 aliphatic heterocycles. The third-order valence-electron chi connectivity index (χ3n) is 3.45. The van der Waals surface area contributed by atoms with Crippen LogP contribution in [0.1, 0.15) is 17.3 Å². The molecule has 1 N–H and O–H groups in total. The number of rotatable bonds is 6. The zero-order valence-corrected chi connectivity index (χ0v) is 14.4. The van der Waals surface area contributed by atoms with Crippen molar-refractivity contribution in [2.75, 3.05) is 11.9 Å².